The monoisotopic (exact) mass is 264 g/mol. The van der Waals surface area contributed by atoms with Crippen LogP contribution in [-0.4, -0.2) is 31.1 Å². The molecule has 0 amide bonds. The van der Waals surface area contributed by atoms with Gasteiger partial charge in [0.25, 0.3) is 0 Å². The fourth-order valence-electron chi connectivity index (χ4n) is 1.60. The van der Waals surface area contributed by atoms with Gasteiger partial charge in [0, 0.05) is 12.0 Å². The molecule has 0 unspecified atom stereocenters. The van der Waals surface area contributed by atoms with Crippen LogP contribution in [0.15, 0.2) is 23.8 Å². The van der Waals surface area contributed by atoms with Crippen LogP contribution < -0.4 is 9.47 Å². The van der Waals surface area contributed by atoms with Crippen LogP contribution >= 0.6 is 0 Å². The van der Waals surface area contributed by atoms with Crippen LogP contribution in [0.25, 0.3) is 6.08 Å². The maximum absolute atomic E-state index is 11.0. The molecule has 0 aromatic heterocycles. The summed E-state index contributed by atoms with van der Waals surface area (Å²) in [6.07, 6.45) is 1.34. The first kappa shape index (κ1) is 14.8. The highest BCUT2D eigenvalue weighted by Crippen LogP contribution is 2.28. The number of hydrogen-bond donors (Lipinski definition) is 1. The molecule has 0 bridgehead atoms. The Kier molecular flexibility index (Phi) is 5.11. The Bertz CT molecular complexity index is 517. The Labute approximate surface area is 111 Å². The number of carbonyl (C=O) groups is 2. The van der Waals surface area contributed by atoms with E-state index in [4.69, 9.17) is 14.6 Å². The van der Waals surface area contributed by atoms with E-state index in [1.165, 1.54) is 27.2 Å². The molecule has 1 rings (SSSR count). The zero-order valence-corrected chi connectivity index (χ0v) is 11.1. The first-order chi connectivity index (χ1) is 8.97. The lowest BCUT2D eigenvalue weighted by Crippen LogP contribution is -2.04. The zero-order valence-electron chi connectivity index (χ0n) is 11.1. The third-order valence-electron chi connectivity index (χ3n) is 2.46. The number of methoxy groups -OCH3 is 2. The highest BCUT2D eigenvalue weighted by Gasteiger charge is 2.11. The van der Waals surface area contributed by atoms with Crippen molar-refractivity contribution in [3.63, 3.8) is 0 Å². The van der Waals surface area contributed by atoms with E-state index in [2.05, 4.69) is 0 Å². The van der Waals surface area contributed by atoms with Crippen molar-refractivity contribution in [1.82, 2.24) is 0 Å². The minimum atomic E-state index is -1.11. The van der Waals surface area contributed by atoms with Gasteiger partial charge in [-0.1, -0.05) is 6.07 Å². The number of Topliss-reactive ketones (excluding diaryl/α,β-unsaturated/α-hetero) is 1. The molecule has 1 aromatic rings. The van der Waals surface area contributed by atoms with Gasteiger partial charge in [-0.05, 0) is 30.7 Å². The molecule has 0 heterocycles. The van der Waals surface area contributed by atoms with Crippen molar-refractivity contribution in [2.45, 2.75) is 13.3 Å². The van der Waals surface area contributed by atoms with E-state index in [1.54, 1.807) is 18.2 Å². The van der Waals surface area contributed by atoms with Gasteiger partial charge < -0.3 is 14.6 Å². The second kappa shape index (κ2) is 6.58. The van der Waals surface area contributed by atoms with Gasteiger partial charge in [0.1, 0.15) is 5.78 Å². The number of benzene rings is 1. The Morgan fingerprint density at radius 3 is 2.32 bits per heavy atom. The zero-order chi connectivity index (χ0) is 14.4. The topological polar surface area (TPSA) is 72.8 Å². The van der Waals surface area contributed by atoms with E-state index in [0.29, 0.717) is 17.1 Å². The first-order valence-corrected chi connectivity index (χ1v) is 5.63. The summed E-state index contributed by atoms with van der Waals surface area (Å²) in [7, 11) is 3.02. The maximum atomic E-state index is 11.0. The number of rotatable bonds is 6. The molecule has 1 N–H and O–H groups in total. The van der Waals surface area contributed by atoms with Gasteiger partial charge in [-0.2, -0.15) is 0 Å². The van der Waals surface area contributed by atoms with Gasteiger partial charge in [0.15, 0.2) is 11.5 Å². The number of ether oxygens (including phenoxy) is 2. The average molecular weight is 264 g/mol. The molecule has 0 fully saturated rings. The predicted molar refractivity (Wildman–Crippen MR) is 70.5 cm³/mol. The first-order valence-electron chi connectivity index (χ1n) is 5.63. The van der Waals surface area contributed by atoms with Crippen LogP contribution in [0.1, 0.15) is 18.9 Å². The van der Waals surface area contributed by atoms with E-state index < -0.39 is 5.97 Å². The summed E-state index contributed by atoms with van der Waals surface area (Å²) in [6.45, 7) is 1.35. The van der Waals surface area contributed by atoms with E-state index >= 15 is 0 Å². The minimum Gasteiger partial charge on any atom is -0.493 e. The molecule has 0 saturated carbocycles. The smallest absolute Gasteiger partial charge is 0.332 e. The molecule has 19 heavy (non-hydrogen) atoms. The minimum absolute atomic E-state index is 0.0414. The summed E-state index contributed by atoms with van der Waals surface area (Å²) in [5, 5.41) is 9.03. The van der Waals surface area contributed by atoms with Crippen LogP contribution in [0.5, 0.6) is 11.5 Å². The van der Waals surface area contributed by atoms with E-state index in [0.717, 1.165) is 0 Å². The molecule has 0 saturated heterocycles. The molecule has 0 aliphatic rings. The molecule has 0 atom stereocenters. The molecule has 5 nitrogen and oxygen atoms in total. The Morgan fingerprint density at radius 2 is 1.84 bits per heavy atom. The molecule has 0 aliphatic carbocycles. The lowest BCUT2D eigenvalue weighted by molar-refractivity contribution is -0.133. The average Bonchev–Trinajstić information content (AvgIpc) is 2.37. The standard InChI is InChI=1S/C14H16O5/c1-9(15)6-11(14(16)17)7-10-4-5-12(18-2)13(8-10)19-3/h4-5,7-8H,6H2,1-3H3,(H,16,17). The quantitative estimate of drug-likeness (QED) is 0.797. The van der Waals surface area contributed by atoms with E-state index in [9.17, 15) is 9.59 Å². The molecule has 0 aliphatic heterocycles. The number of aliphatic carboxylic acids is 1. The number of ketones is 1. The fourth-order valence-corrected chi connectivity index (χ4v) is 1.60. The van der Waals surface area contributed by atoms with Crippen LogP contribution in [0.3, 0.4) is 0 Å². The predicted octanol–water partition coefficient (Wildman–Crippen LogP) is 2.15. The lowest BCUT2D eigenvalue weighted by Gasteiger charge is -2.08. The molecule has 1 aromatic carbocycles. The van der Waals surface area contributed by atoms with Gasteiger partial charge in [-0.25, -0.2) is 4.79 Å². The lowest BCUT2D eigenvalue weighted by atomic mass is 10.1. The van der Waals surface area contributed by atoms with E-state index in [1.807, 2.05) is 0 Å². The van der Waals surface area contributed by atoms with Crippen LogP contribution in [0.4, 0.5) is 0 Å². The summed E-state index contributed by atoms with van der Waals surface area (Å²) < 4.78 is 10.2. The van der Waals surface area contributed by atoms with Crippen molar-refractivity contribution < 1.29 is 24.2 Å². The molecule has 5 heteroatoms. The Hall–Kier alpha value is -2.30. The summed E-state index contributed by atoms with van der Waals surface area (Å²) in [5.74, 6) is -0.244. The maximum Gasteiger partial charge on any atom is 0.332 e. The van der Waals surface area contributed by atoms with Crippen LogP contribution in [0.2, 0.25) is 0 Å². The molecular formula is C14H16O5. The van der Waals surface area contributed by atoms with Crippen molar-refractivity contribution >= 4 is 17.8 Å². The summed E-state index contributed by atoms with van der Waals surface area (Å²) in [4.78, 5) is 22.1. The normalized spacial score (nSPS) is 11.0. The van der Waals surface area contributed by atoms with Crippen molar-refractivity contribution in [3.05, 3.63) is 29.3 Å². The Morgan fingerprint density at radius 1 is 1.21 bits per heavy atom. The SMILES string of the molecule is COc1ccc(C=C(CC(C)=O)C(=O)O)cc1OC. The number of carboxylic acids is 1. The number of carbonyl (C=O) groups excluding carboxylic acids is 1. The second-order valence-electron chi connectivity index (χ2n) is 3.97. The van der Waals surface area contributed by atoms with Gasteiger partial charge in [-0.3, -0.25) is 4.79 Å². The summed E-state index contributed by atoms with van der Waals surface area (Å²) in [6, 6.07) is 5.03. The summed E-state index contributed by atoms with van der Waals surface area (Å²) >= 11 is 0. The van der Waals surface area contributed by atoms with Crippen molar-refractivity contribution in [2.75, 3.05) is 14.2 Å². The van der Waals surface area contributed by atoms with Gasteiger partial charge in [0.2, 0.25) is 0 Å². The van der Waals surface area contributed by atoms with E-state index in [-0.39, 0.29) is 17.8 Å². The number of hydrogen-bond acceptors (Lipinski definition) is 4. The van der Waals surface area contributed by atoms with Crippen LogP contribution in [0, 0.1) is 0 Å². The third kappa shape index (κ3) is 4.13. The summed E-state index contributed by atoms with van der Waals surface area (Å²) in [5.41, 5.74) is 0.677. The largest absolute Gasteiger partial charge is 0.493 e. The Balaban J connectivity index is 3.14. The van der Waals surface area contributed by atoms with Gasteiger partial charge in [0.05, 0.1) is 14.2 Å². The molecule has 102 valence electrons. The highest BCUT2D eigenvalue weighted by molar-refractivity contribution is 5.98. The highest BCUT2D eigenvalue weighted by atomic mass is 16.5. The molecular weight excluding hydrogens is 248 g/mol. The third-order valence-corrected chi connectivity index (χ3v) is 2.46. The molecule has 0 spiro atoms. The second-order valence-corrected chi connectivity index (χ2v) is 3.97. The fraction of sp³-hybridized carbons (Fsp3) is 0.286. The van der Waals surface area contributed by atoms with Crippen LogP contribution in [-0.2, 0) is 9.59 Å². The van der Waals surface area contributed by atoms with Crippen molar-refractivity contribution in [3.8, 4) is 11.5 Å². The van der Waals surface area contributed by atoms with Gasteiger partial charge >= 0.3 is 5.97 Å². The molecule has 0 radical (unpaired) electrons. The number of carboxylic acid groups (broad SMARTS) is 1. The van der Waals surface area contributed by atoms with Crippen molar-refractivity contribution in [2.24, 2.45) is 0 Å². The van der Waals surface area contributed by atoms with Crippen molar-refractivity contribution in [1.29, 1.82) is 0 Å². The van der Waals surface area contributed by atoms with Gasteiger partial charge in [-0.15, -0.1) is 0 Å².